The van der Waals surface area contributed by atoms with Crippen LogP contribution in [0.1, 0.15) is 23.6 Å². The molecule has 0 radical (unpaired) electrons. The highest BCUT2D eigenvalue weighted by molar-refractivity contribution is 7.92. The quantitative estimate of drug-likeness (QED) is 0.211. The topological polar surface area (TPSA) is 105 Å². The zero-order chi connectivity index (χ0) is 32.4. The minimum atomic E-state index is -4.23. The number of ether oxygens (including phenoxy) is 2. The number of hydrogen-bond donors (Lipinski definition) is 1. The zero-order valence-electron chi connectivity index (χ0n) is 26.0. The average Bonchev–Trinajstić information content (AvgIpc) is 3.06. The van der Waals surface area contributed by atoms with Crippen LogP contribution in [0.5, 0.6) is 11.5 Å². The third kappa shape index (κ3) is 8.02. The number of carbonyl (C=O) groups is 2. The Morgan fingerprint density at radius 3 is 2.07 bits per heavy atom. The van der Waals surface area contributed by atoms with Gasteiger partial charge < -0.3 is 19.7 Å². The van der Waals surface area contributed by atoms with Crippen molar-refractivity contribution in [1.82, 2.24) is 10.2 Å². The van der Waals surface area contributed by atoms with E-state index in [4.69, 9.17) is 9.47 Å². The van der Waals surface area contributed by atoms with E-state index in [9.17, 15) is 18.0 Å². The number of rotatable bonds is 14. The first-order valence-electron chi connectivity index (χ1n) is 14.6. The monoisotopic (exact) mass is 629 g/mol. The molecule has 2 amide bonds. The largest absolute Gasteiger partial charge is 0.493 e. The van der Waals surface area contributed by atoms with Crippen LogP contribution in [-0.2, 0) is 32.6 Å². The minimum absolute atomic E-state index is 0.0163. The highest BCUT2D eigenvalue weighted by atomic mass is 32.2. The Morgan fingerprint density at radius 2 is 1.44 bits per heavy atom. The second-order valence-corrected chi connectivity index (χ2v) is 12.3. The van der Waals surface area contributed by atoms with Crippen LogP contribution in [0.2, 0.25) is 0 Å². The van der Waals surface area contributed by atoms with Crippen molar-refractivity contribution >= 4 is 27.5 Å². The van der Waals surface area contributed by atoms with Gasteiger partial charge in [0.2, 0.25) is 11.8 Å². The predicted octanol–water partition coefficient (Wildman–Crippen LogP) is 4.98. The molecule has 0 bridgehead atoms. The van der Waals surface area contributed by atoms with Gasteiger partial charge >= 0.3 is 0 Å². The van der Waals surface area contributed by atoms with Crippen LogP contribution >= 0.6 is 0 Å². The summed E-state index contributed by atoms with van der Waals surface area (Å²) in [6.45, 7) is 3.66. The molecule has 0 fully saturated rings. The Hall–Kier alpha value is -4.83. The summed E-state index contributed by atoms with van der Waals surface area (Å²) in [4.78, 5) is 29.6. The van der Waals surface area contributed by atoms with Crippen molar-refractivity contribution in [2.75, 3.05) is 31.6 Å². The van der Waals surface area contributed by atoms with E-state index in [-0.39, 0.29) is 29.5 Å². The number of likely N-dealkylation sites (N-methyl/N-ethyl adjacent to an activating group) is 1. The van der Waals surface area contributed by atoms with Gasteiger partial charge in [0.15, 0.2) is 11.5 Å². The number of amides is 2. The normalized spacial score (nSPS) is 11.7. The number of hydrogen-bond acceptors (Lipinski definition) is 6. The summed E-state index contributed by atoms with van der Waals surface area (Å²) in [5.74, 6) is -0.159. The maximum Gasteiger partial charge on any atom is 0.264 e. The molecule has 0 heterocycles. The Labute approximate surface area is 265 Å². The molecule has 0 saturated carbocycles. The third-order valence-electron chi connectivity index (χ3n) is 7.49. The van der Waals surface area contributed by atoms with E-state index in [2.05, 4.69) is 5.32 Å². The van der Waals surface area contributed by atoms with Crippen molar-refractivity contribution in [3.05, 3.63) is 120 Å². The summed E-state index contributed by atoms with van der Waals surface area (Å²) in [6.07, 6.45) is 0.242. The van der Waals surface area contributed by atoms with E-state index in [1.165, 1.54) is 37.3 Å². The Bertz CT molecular complexity index is 1700. The standard InChI is InChI=1S/C35H39N3O6S/c1-5-36-35(40)31(22-27-15-8-6-9-16-27)37(24-28-17-13-12-14-26(28)2)34(39)25-38(45(41,42)30-18-10-7-11-19-30)29-20-21-32(43-3)33(23-29)44-4/h6-21,23,31H,5,22,24-25H2,1-4H3,(H,36,40). The smallest absolute Gasteiger partial charge is 0.264 e. The minimum Gasteiger partial charge on any atom is -0.493 e. The lowest BCUT2D eigenvalue weighted by atomic mass is 10.0. The van der Waals surface area contributed by atoms with Gasteiger partial charge in [0.1, 0.15) is 12.6 Å². The molecule has 4 rings (SSSR count). The first-order valence-corrected chi connectivity index (χ1v) is 16.1. The molecule has 0 spiro atoms. The van der Waals surface area contributed by atoms with E-state index >= 15 is 0 Å². The molecule has 4 aromatic carbocycles. The van der Waals surface area contributed by atoms with Crippen molar-refractivity contribution < 1.29 is 27.5 Å². The van der Waals surface area contributed by atoms with Crippen LogP contribution < -0.4 is 19.1 Å². The van der Waals surface area contributed by atoms with Crippen LogP contribution in [0.3, 0.4) is 0 Å². The fourth-order valence-electron chi connectivity index (χ4n) is 5.05. The highest BCUT2D eigenvalue weighted by Crippen LogP contribution is 2.34. The molecule has 9 nitrogen and oxygen atoms in total. The van der Waals surface area contributed by atoms with Crippen LogP contribution in [0.15, 0.2) is 108 Å². The molecule has 10 heteroatoms. The molecule has 0 aliphatic rings. The number of anilines is 1. The second kappa shape index (κ2) is 15.3. The molecular formula is C35H39N3O6S. The third-order valence-corrected chi connectivity index (χ3v) is 9.28. The molecule has 1 atom stereocenters. The van der Waals surface area contributed by atoms with E-state index in [1.54, 1.807) is 30.3 Å². The number of benzene rings is 4. The van der Waals surface area contributed by atoms with E-state index < -0.39 is 28.5 Å². The van der Waals surface area contributed by atoms with Gasteiger partial charge in [0.05, 0.1) is 24.8 Å². The summed E-state index contributed by atoms with van der Waals surface area (Å²) in [7, 11) is -1.30. The molecule has 0 aliphatic carbocycles. The predicted molar refractivity (Wildman–Crippen MR) is 175 cm³/mol. The summed E-state index contributed by atoms with van der Waals surface area (Å²) >= 11 is 0. The second-order valence-electron chi connectivity index (χ2n) is 10.4. The van der Waals surface area contributed by atoms with Crippen molar-refractivity contribution in [3.8, 4) is 11.5 Å². The van der Waals surface area contributed by atoms with Gasteiger partial charge in [0, 0.05) is 25.6 Å². The van der Waals surface area contributed by atoms with Gasteiger partial charge in [-0.3, -0.25) is 13.9 Å². The van der Waals surface area contributed by atoms with Gasteiger partial charge in [-0.05, 0) is 54.8 Å². The van der Waals surface area contributed by atoms with Crippen LogP contribution in [0.4, 0.5) is 5.69 Å². The number of carbonyl (C=O) groups excluding carboxylic acids is 2. The fraction of sp³-hybridized carbons (Fsp3) is 0.257. The summed E-state index contributed by atoms with van der Waals surface area (Å²) in [6, 6.07) is 28.7. The van der Waals surface area contributed by atoms with Crippen molar-refractivity contribution in [3.63, 3.8) is 0 Å². The molecule has 0 aromatic heterocycles. The van der Waals surface area contributed by atoms with Crippen LogP contribution in [0.25, 0.3) is 0 Å². The number of methoxy groups -OCH3 is 2. The molecule has 236 valence electrons. The Kier molecular flexibility index (Phi) is 11.2. The molecule has 1 N–H and O–H groups in total. The number of aryl methyl sites for hydroxylation is 1. The van der Waals surface area contributed by atoms with Crippen molar-refractivity contribution in [2.45, 2.75) is 37.8 Å². The SMILES string of the molecule is CCNC(=O)C(Cc1ccccc1)N(Cc1ccccc1C)C(=O)CN(c1ccc(OC)c(OC)c1)S(=O)(=O)c1ccccc1. The van der Waals surface area contributed by atoms with Crippen molar-refractivity contribution in [1.29, 1.82) is 0 Å². The van der Waals surface area contributed by atoms with E-state index in [0.717, 1.165) is 21.0 Å². The van der Waals surface area contributed by atoms with Gasteiger partial charge in [-0.2, -0.15) is 0 Å². The van der Waals surface area contributed by atoms with E-state index in [0.29, 0.717) is 18.0 Å². The number of nitrogens with zero attached hydrogens (tertiary/aromatic N) is 2. The molecule has 45 heavy (non-hydrogen) atoms. The number of nitrogens with one attached hydrogen (secondary N) is 1. The Morgan fingerprint density at radius 1 is 0.822 bits per heavy atom. The van der Waals surface area contributed by atoms with Crippen molar-refractivity contribution in [2.24, 2.45) is 0 Å². The maximum atomic E-state index is 14.5. The van der Waals surface area contributed by atoms with Gasteiger partial charge in [-0.25, -0.2) is 8.42 Å². The fourth-order valence-corrected chi connectivity index (χ4v) is 6.47. The molecule has 0 saturated heterocycles. The Balaban J connectivity index is 1.83. The molecule has 4 aromatic rings. The summed E-state index contributed by atoms with van der Waals surface area (Å²) in [5, 5.41) is 2.88. The lowest BCUT2D eigenvalue weighted by Gasteiger charge is -2.34. The molecule has 0 aliphatic heterocycles. The van der Waals surface area contributed by atoms with Crippen LogP contribution in [-0.4, -0.2) is 58.5 Å². The first kappa shape index (κ1) is 33.1. The highest BCUT2D eigenvalue weighted by Gasteiger charge is 2.35. The van der Waals surface area contributed by atoms with Gasteiger partial charge in [0.25, 0.3) is 10.0 Å². The molecule has 1 unspecified atom stereocenters. The first-order chi connectivity index (χ1) is 21.7. The average molecular weight is 630 g/mol. The lowest BCUT2D eigenvalue weighted by molar-refractivity contribution is -0.140. The summed E-state index contributed by atoms with van der Waals surface area (Å²) in [5.41, 5.74) is 2.86. The van der Waals surface area contributed by atoms with Crippen LogP contribution in [0, 0.1) is 6.92 Å². The lowest BCUT2D eigenvalue weighted by Crippen LogP contribution is -2.53. The van der Waals surface area contributed by atoms with E-state index in [1.807, 2.05) is 68.4 Å². The van der Waals surface area contributed by atoms with Gasteiger partial charge in [-0.15, -0.1) is 0 Å². The summed E-state index contributed by atoms with van der Waals surface area (Å²) < 4.78 is 40.2. The number of sulfonamides is 1. The van der Waals surface area contributed by atoms with Gasteiger partial charge in [-0.1, -0.05) is 72.8 Å². The zero-order valence-corrected chi connectivity index (χ0v) is 26.8. The molecular weight excluding hydrogens is 590 g/mol. The maximum absolute atomic E-state index is 14.5.